The maximum Gasteiger partial charge on any atom is 0.321 e. The van der Waals surface area contributed by atoms with E-state index in [2.05, 4.69) is 17.4 Å². The zero-order chi connectivity index (χ0) is 20.6. The number of amides is 2. The van der Waals surface area contributed by atoms with Gasteiger partial charge in [-0.15, -0.1) is 0 Å². The maximum atomic E-state index is 12.8. The molecule has 0 radical (unpaired) electrons. The molecule has 0 aliphatic carbocycles. The molecule has 5 nitrogen and oxygen atoms in total. The van der Waals surface area contributed by atoms with E-state index in [1.54, 1.807) is 26.2 Å². The van der Waals surface area contributed by atoms with Crippen molar-refractivity contribution in [1.29, 1.82) is 0 Å². The standard InChI is InChI=1S/C24H26N2O3/c1-26(17-20-13-14-21(28-2)16-23(20)29-3)24(27)25-22-12-8-7-11-19(22)15-18-9-5-4-6-10-18/h4-14,16H,15,17H2,1-3H3,(H,25,27). The fourth-order valence-corrected chi connectivity index (χ4v) is 3.13. The smallest absolute Gasteiger partial charge is 0.321 e. The molecule has 0 aliphatic rings. The zero-order valence-electron chi connectivity index (χ0n) is 17.0. The minimum Gasteiger partial charge on any atom is -0.497 e. The van der Waals surface area contributed by atoms with Gasteiger partial charge in [0.1, 0.15) is 11.5 Å². The van der Waals surface area contributed by atoms with Crippen molar-refractivity contribution >= 4 is 11.7 Å². The van der Waals surface area contributed by atoms with Crippen molar-refractivity contribution in [3.63, 3.8) is 0 Å². The Morgan fingerprint density at radius 1 is 0.897 bits per heavy atom. The molecular weight excluding hydrogens is 364 g/mol. The van der Waals surface area contributed by atoms with E-state index in [9.17, 15) is 4.79 Å². The summed E-state index contributed by atoms with van der Waals surface area (Å²) in [6, 6.07) is 23.5. The van der Waals surface area contributed by atoms with E-state index in [1.807, 2.05) is 60.7 Å². The van der Waals surface area contributed by atoms with Gasteiger partial charge < -0.3 is 19.7 Å². The summed E-state index contributed by atoms with van der Waals surface area (Å²) in [5.74, 6) is 1.40. The van der Waals surface area contributed by atoms with Gasteiger partial charge in [0.15, 0.2) is 0 Å². The molecule has 0 aliphatic heterocycles. The van der Waals surface area contributed by atoms with Crippen molar-refractivity contribution in [2.24, 2.45) is 0 Å². The Kier molecular flexibility index (Phi) is 6.74. The second-order valence-corrected chi connectivity index (χ2v) is 6.78. The first-order valence-electron chi connectivity index (χ1n) is 9.45. The summed E-state index contributed by atoms with van der Waals surface area (Å²) in [4.78, 5) is 14.4. The van der Waals surface area contributed by atoms with Gasteiger partial charge in [-0.25, -0.2) is 4.79 Å². The second-order valence-electron chi connectivity index (χ2n) is 6.78. The molecule has 0 heterocycles. The van der Waals surface area contributed by atoms with E-state index in [0.29, 0.717) is 18.0 Å². The predicted octanol–water partition coefficient (Wildman–Crippen LogP) is 4.96. The van der Waals surface area contributed by atoms with Crippen LogP contribution in [0.3, 0.4) is 0 Å². The summed E-state index contributed by atoms with van der Waals surface area (Å²) in [5, 5.41) is 3.03. The average molecular weight is 390 g/mol. The van der Waals surface area contributed by atoms with Crippen molar-refractivity contribution in [2.45, 2.75) is 13.0 Å². The normalized spacial score (nSPS) is 10.3. The number of carbonyl (C=O) groups excluding carboxylic acids is 1. The van der Waals surface area contributed by atoms with Crippen LogP contribution in [-0.4, -0.2) is 32.2 Å². The average Bonchev–Trinajstić information content (AvgIpc) is 2.76. The zero-order valence-corrected chi connectivity index (χ0v) is 17.0. The van der Waals surface area contributed by atoms with Gasteiger partial charge in [0.2, 0.25) is 0 Å². The highest BCUT2D eigenvalue weighted by Gasteiger charge is 2.14. The van der Waals surface area contributed by atoms with Crippen LogP contribution in [0.4, 0.5) is 10.5 Å². The highest BCUT2D eigenvalue weighted by molar-refractivity contribution is 5.90. The highest BCUT2D eigenvalue weighted by atomic mass is 16.5. The van der Waals surface area contributed by atoms with Crippen LogP contribution in [0.1, 0.15) is 16.7 Å². The van der Waals surface area contributed by atoms with E-state index < -0.39 is 0 Å². The lowest BCUT2D eigenvalue weighted by Gasteiger charge is -2.21. The highest BCUT2D eigenvalue weighted by Crippen LogP contribution is 2.26. The Morgan fingerprint density at radius 2 is 1.62 bits per heavy atom. The molecule has 3 aromatic rings. The number of urea groups is 1. The quantitative estimate of drug-likeness (QED) is 0.620. The number of ether oxygens (including phenoxy) is 2. The van der Waals surface area contributed by atoms with Gasteiger partial charge >= 0.3 is 6.03 Å². The number of methoxy groups -OCH3 is 2. The van der Waals surface area contributed by atoms with Crippen LogP contribution < -0.4 is 14.8 Å². The lowest BCUT2D eigenvalue weighted by atomic mass is 10.0. The van der Waals surface area contributed by atoms with Gasteiger partial charge in [-0.1, -0.05) is 48.5 Å². The van der Waals surface area contributed by atoms with Crippen molar-refractivity contribution < 1.29 is 14.3 Å². The Morgan fingerprint density at radius 3 is 2.34 bits per heavy atom. The van der Waals surface area contributed by atoms with Gasteiger partial charge in [-0.05, 0) is 35.7 Å². The van der Waals surface area contributed by atoms with Crippen LogP contribution in [0.25, 0.3) is 0 Å². The lowest BCUT2D eigenvalue weighted by molar-refractivity contribution is 0.220. The first-order chi connectivity index (χ1) is 14.1. The molecule has 1 N–H and O–H groups in total. The van der Waals surface area contributed by atoms with Crippen molar-refractivity contribution in [2.75, 3.05) is 26.6 Å². The Hall–Kier alpha value is -3.47. The van der Waals surface area contributed by atoms with E-state index in [4.69, 9.17) is 9.47 Å². The minimum atomic E-state index is -0.177. The molecule has 3 aromatic carbocycles. The molecule has 3 rings (SSSR count). The Balaban J connectivity index is 1.70. The third-order valence-corrected chi connectivity index (χ3v) is 4.74. The summed E-state index contributed by atoms with van der Waals surface area (Å²) < 4.78 is 10.7. The number of para-hydroxylation sites is 1. The molecule has 0 fully saturated rings. The molecule has 0 unspecified atom stereocenters. The fourth-order valence-electron chi connectivity index (χ4n) is 3.13. The number of rotatable bonds is 7. The minimum absolute atomic E-state index is 0.177. The number of carbonyl (C=O) groups is 1. The number of hydrogen-bond acceptors (Lipinski definition) is 3. The summed E-state index contributed by atoms with van der Waals surface area (Å²) in [7, 11) is 4.98. The summed E-state index contributed by atoms with van der Waals surface area (Å²) in [6.07, 6.45) is 0.757. The fraction of sp³-hybridized carbons (Fsp3) is 0.208. The van der Waals surface area contributed by atoms with Gasteiger partial charge in [0.25, 0.3) is 0 Å². The van der Waals surface area contributed by atoms with Crippen LogP contribution >= 0.6 is 0 Å². The topological polar surface area (TPSA) is 50.8 Å². The van der Waals surface area contributed by atoms with E-state index in [0.717, 1.165) is 23.2 Å². The molecule has 0 spiro atoms. The van der Waals surface area contributed by atoms with Crippen molar-refractivity contribution in [3.8, 4) is 11.5 Å². The first-order valence-corrected chi connectivity index (χ1v) is 9.45. The largest absolute Gasteiger partial charge is 0.497 e. The molecule has 5 heteroatoms. The Bertz CT molecular complexity index is 957. The van der Waals surface area contributed by atoms with Gasteiger partial charge in [0, 0.05) is 24.4 Å². The number of hydrogen-bond donors (Lipinski definition) is 1. The molecule has 0 bridgehead atoms. The molecule has 0 saturated heterocycles. The van der Waals surface area contributed by atoms with Crippen molar-refractivity contribution in [3.05, 3.63) is 89.5 Å². The second kappa shape index (κ2) is 9.64. The molecule has 150 valence electrons. The van der Waals surface area contributed by atoms with Gasteiger partial charge in [-0.2, -0.15) is 0 Å². The Labute approximate surface area is 171 Å². The summed E-state index contributed by atoms with van der Waals surface area (Å²) >= 11 is 0. The molecule has 0 atom stereocenters. The molecule has 2 amide bonds. The number of anilines is 1. The third-order valence-electron chi connectivity index (χ3n) is 4.74. The van der Waals surface area contributed by atoms with Crippen LogP contribution in [0.5, 0.6) is 11.5 Å². The van der Waals surface area contributed by atoms with Gasteiger partial charge in [-0.3, -0.25) is 0 Å². The number of nitrogens with zero attached hydrogens (tertiary/aromatic N) is 1. The lowest BCUT2D eigenvalue weighted by Crippen LogP contribution is -2.31. The van der Waals surface area contributed by atoms with E-state index >= 15 is 0 Å². The van der Waals surface area contributed by atoms with Crippen LogP contribution in [0.15, 0.2) is 72.8 Å². The summed E-state index contributed by atoms with van der Waals surface area (Å²) in [6.45, 7) is 0.417. The maximum absolute atomic E-state index is 12.8. The predicted molar refractivity (Wildman–Crippen MR) is 116 cm³/mol. The van der Waals surface area contributed by atoms with Crippen LogP contribution in [0.2, 0.25) is 0 Å². The third kappa shape index (κ3) is 5.29. The molecule has 0 saturated carbocycles. The first kappa shape index (κ1) is 20.3. The SMILES string of the molecule is COc1ccc(CN(C)C(=O)Nc2ccccc2Cc2ccccc2)c(OC)c1. The van der Waals surface area contributed by atoms with E-state index in [-0.39, 0.29) is 6.03 Å². The molecule has 29 heavy (non-hydrogen) atoms. The van der Waals surface area contributed by atoms with E-state index in [1.165, 1.54) is 5.56 Å². The van der Waals surface area contributed by atoms with Gasteiger partial charge in [0.05, 0.1) is 20.8 Å². The molecular formula is C24H26N2O3. The summed E-state index contributed by atoms with van der Waals surface area (Å²) in [5.41, 5.74) is 3.99. The number of benzene rings is 3. The van der Waals surface area contributed by atoms with Crippen LogP contribution in [0, 0.1) is 0 Å². The monoisotopic (exact) mass is 390 g/mol. The van der Waals surface area contributed by atoms with Crippen LogP contribution in [-0.2, 0) is 13.0 Å². The van der Waals surface area contributed by atoms with Crippen molar-refractivity contribution in [1.82, 2.24) is 4.90 Å². The molecule has 0 aromatic heterocycles. The number of nitrogens with one attached hydrogen (secondary N) is 1.